The summed E-state index contributed by atoms with van der Waals surface area (Å²) in [4.78, 5) is 20.6. The number of aromatic nitrogens is 1. The van der Waals surface area contributed by atoms with Crippen molar-refractivity contribution in [2.75, 3.05) is 6.26 Å². The van der Waals surface area contributed by atoms with Crippen LogP contribution in [0.25, 0.3) is 11.1 Å². The van der Waals surface area contributed by atoms with Gasteiger partial charge in [-0.3, -0.25) is 9.78 Å². The summed E-state index contributed by atoms with van der Waals surface area (Å²) < 4.78 is 50.7. The van der Waals surface area contributed by atoms with Gasteiger partial charge in [-0.15, -0.1) is 0 Å². The molecule has 1 aliphatic rings. The van der Waals surface area contributed by atoms with Gasteiger partial charge in [-0.2, -0.15) is 0 Å². The van der Waals surface area contributed by atoms with E-state index in [9.17, 15) is 22.0 Å². The van der Waals surface area contributed by atoms with Gasteiger partial charge in [-0.1, -0.05) is 11.2 Å². The first-order chi connectivity index (χ1) is 13.5. The van der Waals surface area contributed by atoms with E-state index in [1.54, 1.807) is 0 Å². The minimum atomic E-state index is -3.80. The molecule has 0 fully saturated rings. The highest BCUT2D eigenvalue weighted by Gasteiger charge is 2.45. The molecule has 29 heavy (non-hydrogen) atoms. The van der Waals surface area contributed by atoms with E-state index in [2.05, 4.69) is 10.1 Å². The minimum absolute atomic E-state index is 0.0955. The van der Waals surface area contributed by atoms with Crippen LogP contribution >= 0.6 is 0 Å². The van der Waals surface area contributed by atoms with E-state index >= 15 is 0 Å². The molecular formula is C19H19F2N3O4S. The molecule has 1 amide bonds. The van der Waals surface area contributed by atoms with Gasteiger partial charge in [0.15, 0.2) is 14.6 Å². The number of benzene rings is 1. The first kappa shape index (κ1) is 20.8. The largest absolute Gasteiger partial charge is 0.392 e. The fourth-order valence-corrected chi connectivity index (χ4v) is 3.95. The van der Waals surface area contributed by atoms with Gasteiger partial charge in [0, 0.05) is 36.4 Å². The monoisotopic (exact) mass is 423 g/mol. The highest BCUT2D eigenvalue weighted by Crippen LogP contribution is 2.30. The Morgan fingerprint density at radius 3 is 2.59 bits per heavy atom. The molecule has 7 nitrogen and oxygen atoms in total. The molecule has 0 radical (unpaired) electrons. The van der Waals surface area contributed by atoms with Crippen LogP contribution in [-0.2, 0) is 19.5 Å². The van der Waals surface area contributed by atoms with Gasteiger partial charge in [0.2, 0.25) is 5.91 Å². The molecule has 3 rings (SSSR count). The van der Waals surface area contributed by atoms with Gasteiger partial charge >= 0.3 is 0 Å². The standard InChI is InChI=1S/C19H19F2N3O4S/c1-19(18(22)25,29(2,26)27)9-12-8-17(24-28-12)14-4-3-11(7-15(14)20)13-5-6-23-10-16(13)21/h3-7,10,12H,8-9H2,1-2H3,(H2,22,25). The lowest BCUT2D eigenvalue weighted by Crippen LogP contribution is -2.49. The van der Waals surface area contributed by atoms with E-state index in [0.29, 0.717) is 5.56 Å². The molecule has 0 spiro atoms. The van der Waals surface area contributed by atoms with Gasteiger partial charge in [0.1, 0.15) is 17.7 Å². The third-order valence-electron chi connectivity index (χ3n) is 5.05. The zero-order valence-corrected chi connectivity index (χ0v) is 16.5. The van der Waals surface area contributed by atoms with Crippen molar-refractivity contribution in [2.45, 2.75) is 30.6 Å². The Balaban J connectivity index is 1.80. The lowest BCUT2D eigenvalue weighted by Gasteiger charge is -2.25. The highest BCUT2D eigenvalue weighted by molar-refractivity contribution is 7.92. The van der Waals surface area contributed by atoms with E-state index in [0.717, 1.165) is 12.5 Å². The number of hydrogen-bond acceptors (Lipinski definition) is 6. The van der Waals surface area contributed by atoms with Crippen molar-refractivity contribution in [3.05, 3.63) is 53.9 Å². The van der Waals surface area contributed by atoms with Crippen molar-refractivity contribution in [1.29, 1.82) is 0 Å². The summed E-state index contributed by atoms with van der Waals surface area (Å²) >= 11 is 0. The van der Waals surface area contributed by atoms with Crippen LogP contribution in [0.5, 0.6) is 0 Å². The number of carbonyl (C=O) groups excluding carboxylic acids is 1. The Labute approximate surface area is 166 Å². The van der Waals surface area contributed by atoms with Gasteiger partial charge < -0.3 is 10.6 Å². The second-order valence-corrected chi connectivity index (χ2v) is 9.54. The number of nitrogens with two attached hydrogens (primary N) is 1. The SMILES string of the molecule is CC(CC1CC(c2ccc(-c3ccncc3F)cc2F)=NO1)(C(N)=O)S(C)(=O)=O. The third kappa shape index (κ3) is 3.98. The van der Waals surface area contributed by atoms with Gasteiger partial charge in [-0.25, -0.2) is 17.2 Å². The van der Waals surface area contributed by atoms with E-state index in [1.807, 2.05) is 0 Å². The van der Waals surface area contributed by atoms with Crippen LogP contribution in [0.4, 0.5) is 8.78 Å². The number of pyridine rings is 1. The fourth-order valence-electron chi connectivity index (χ4n) is 3.09. The molecule has 2 unspecified atom stereocenters. The number of rotatable bonds is 6. The van der Waals surface area contributed by atoms with Crippen LogP contribution < -0.4 is 5.73 Å². The third-order valence-corrected chi connectivity index (χ3v) is 7.06. The van der Waals surface area contributed by atoms with Crippen LogP contribution in [0.2, 0.25) is 0 Å². The van der Waals surface area contributed by atoms with Crippen LogP contribution in [0.3, 0.4) is 0 Å². The number of halogens is 2. The average Bonchev–Trinajstić information content (AvgIpc) is 3.08. The Bertz CT molecular complexity index is 1100. The molecule has 1 aliphatic heterocycles. The fraction of sp³-hybridized carbons (Fsp3) is 0.316. The van der Waals surface area contributed by atoms with Gasteiger partial charge in [0.25, 0.3) is 0 Å². The van der Waals surface area contributed by atoms with E-state index in [1.165, 1.54) is 37.4 Å². The van der Waals surface area contributed by atoms with Crippen molar-refractivity contribution in [1.82, 2.24) is 4.98 Å². The van der Waals surface area contributed by atoms with E-state index in [-0.39, 0.29) is 29.7 Å². The van der Waals surface area contributed by atoms with Gasteiger partial charge in [0.05, 0.1) is 11.9 Å². The predicted molar refractivity (Wildman–Crippen MR) is 103 cm³/mol. The summed E-state index contributed by atoms with van der Waals surface area (Å²) in [5, 5.41) is 3.84. The molecule has 2 N–H and O–H groups in total. The molecule has 1 aromatic heterocycles. The van der Waals surface area contributed by atoms with Crippen LogP contribution in [0.1, 0.15) is 25.3 Å². The van der Waals surface area contributed by atoms with Crippen molar-refractivity contribution in [3.8, 4) is 11.1 Å². The number of carbonyl (C=O) groups is 1. The second-order valence-electron chi connectivity index (χ2n) is 7.09. The Hall–Kier alpha value is -2.88. The first-order valence-corrected chi connectivity index (χ1v) is 10.5. The maximum absolute atomic E-state index is 14.7. The first-order valence-electron chi connectivity index (χ1n) is 8.65. The molecule has 0 saturated carbocycles. The lowest BCUT2D eigenvalue weighted by molar-refractivity contribution is -0.121. The summed E-state index contributed by atoms with van der Waals surface area (Å²) in [5.41, 5.74) is 6.23. The number of hydrogen-bond donors (Lipinski definition) is 1. The van der Waals surface area contributed by atoms with Gasteiger partial charge in [-0.05, 0) is 30.7 Å². The number of amides is 1. The number of oxime groups is 1. The van der Waals surface area contributed by atoms with E-state index < -0.39 is 38.2 Å². The summed E-state index contributed by atoms with van der Waals surface area (Å²) in [6.45, 7) is 1.23. The molecule has 2 heterocycles. The molecule has 0 aliphatic carbocycles. The number of nitrogens with zero attached hydrogens (tertiary/aromatic N) is 2. The zero-order chi connectivity index (χ0) is 21.4. The molecule has 154 valence electrons. The molecule has 2 atom stereocenters. The average molecular weight is 423 g/mol. The molecular weight excluding hydrogens is 404 g/mol. The lowest BCUT2D eigenvalue weighted by atomic mass is 9.95. The molecule has 0 saturated heterocycles. The molecule has 2 aromatic rings. The van der Waals surface area contributed by atoms with Crippen LogP contribution in [-0.4, -0.2) is 42.1 Å². The number of sulfone groups is 1. The van der Waals surface area contributed by atoms with Crippen LogP contribution in [0.15, 0.2) is 41.8 Å². The summed E-state index contributed by atoms with van der Waals surface area (Å²) in [6.07, 6.45) is 2.49. The van der Waals surface area contributed by atoms with Crippen LogP contribution in [0, 0.1) is 11.6 Å². The predicted octanol–water partition coefficient (Wildman–Crippen LogP) is 2.20. The molecule has 0 bridgehead atoms. The van der Waals surface area contributed by atoms with Crippen molar-refractivity contribution in [2.24, 2.45) is 10.9 Å². The Morgan fingerprint density at radius 2 is 2.00 bits per heavy atom. The molecule has 1 aromatic carbocycles. The summed E-state index contributed by atoms with van der Waals surface area (Å²) in [6, 6.07) is 5.59. The van der Waals surface area contributed by atoms with Crippen molar-refractivity contribution < 1.29 is 26.8 Å². The second kappa shape index (κ2) is 7.51. The topological polar surface area (TPSA) is 112 Å². The maximum atomic E-state index is 14.7. The Morgan fingerprint density at radius 1 is 1.28 bits per heavy atom. The van der Waals surface area contributed by atoms with E-state index in [4.69, 9.17) is 10.6 Å². The number of primary amides is 1. The Kier molecular flexibility index (Phi) is 5.40. The molecule has 10 heteroatoms. The normalized spacial score (nSPS) is 18.6. The minimum Gasteiger partial charge on any atom is -0.392 e. The highest BCUT2D eigenvalue weighted by atomic mass is 32.2. The van der Waals surface area contributed by atoms with Crippen molar-refractivity contribution in [3.63, 3.8) is 0 Å². The quantitative estimate of drug-likeness (QED) is 0.766. The maximum Gasteiger partial charge on any atom is 0.238 e. The summed E-state index contributed by atoms with van der Waals surface area (Å²) in [7, 11) is -3.80. The van der Waals surface area contributed by atoms with Crippen molar-refractivity contribution >= 4 is 21.5 Å². The summed E-state index contributed by atoms with van der Waals surface area (Å²) in [5.74, 6) is -2.21. The smallest absolute Gasteiger partial charge is 0.238 e. The zero-order valence-electron chi connectivity index (χ0n) is 15.7.